The molecule has 0 aliphatic heterocycles. The first kappa shape index (κ1) is 19.5. The van der Waals surface area contributed by atoms with Crippen LogP contribution < -0.4 is 5.32 Å². The van der Waals surface area contributed by atoms with E-state index in [2.05, 4.69) is 5.32 Å². The number of hydrogen-bond donors (Lipinski definition) is 1. The van der Waals surface area contributed by atoms with Crippen LogP contribution in [0.15, 0.2) is 0 Å². The second-order valence-electron chi connectivity index (χ2n) is 6.62. The molecule has 1 aromatic heterocycles. The SMILES string of the molecule is CCOC(=O)c1c(NC(=O)COC(=O)C2(C)CC2(Cl)Cl)sc2c1CCC2. The van der Waals surface area contributed by atoms with E-state index >= 15 is 0 Å². The van der Waals surface area contributed by atoms with Crippen LogP contribution in [0.5, 0.6) is 0 Å². The molecular weight excluding hydrogens is 401 g/mol. The lowest BCUT2D eigenvalue weighted by Gasteiger charge is -2.12. The van der Waals surface area contributed by atoms with Crippen LogP contribution in [0.25, 0.3) is 0 Å². The minimum atomic E-state index is -1.15. The molecule has 0 spiro atoms. The van der Waals surface area contributed by atoms with Crippen molar-refractivity contribution in [1.29, 1.82) is 0 Å². The predicted molar refractivity (Wildman–Crippen MR) is 99.1 cm³/mol. The highest BCUT2D eigenvalue weighted by molar-refractivity contribution is 7.17. The van der Waals surface area contributed by atoms with Gasteiger partial charge in [-0.2, -0.15) is 0 Å². The van der Waals surface area contributed by atoms with Gasteiger partial charge in [0, 0.05) is 11.3 Å². The van der Waals surface area contributed by atoms with E-state index in [0.717, 1.165) is 29.7 Å². The first-order valence-electron chi connectivity index (χ1n) is 8.36. The van der Waals surface area contributed by atoms with Gasteiger partial charge in [-0.05, 0) is 38.7 Å². The van der Waals surface area contributed by atoms with Crippen molar-refractivity contribution in [2.45, 2.75) is 43.9 Å². The summed E-state index contributed by atoms with van der Waals surface area (Å²) in [5.74, 6) is -1.58. The lowest BCUT2D eigenvalue weighted by atomic mass is 10.1. The van der Waals surface area contributed by atoms with Crippen LogP contribution in [0.2, 0.25) is 0 Å². The van der Waals surface area contributed by atoms with Crippen LogP contribution in [0, 0.1) is 5.41 Å². The van der Waals surface area contributed by atoms with Gasteiger partial charge in [-0.25, -0.2) is 4.79 Å². The topological polar surface area (TPSA) is 81.7 Å². The minimum absolute atomic E-state index is 0.256. The Hall–Kier alpha value is -1.31. The van der Waals surface area contributed by atoms with Crippen molar-refractivity contribution in [3.8, 4) is 0 Å². The molecule has 1 amide bonds. The molecule has 0 saturated heterocycles. The van der Waals surface area contributed by atoms with E-state index in [1.165, 1.54) is 11.3 Å². The van der Waals surface area contributed by atoms with Crippen LogP contribution >= 0.6 is 34.5 Å². The zero-order valence-electron chi connectivity index (χ0n) is 14.4. The highest BCUT2D eigenvalue weighted by Gasteiger charge is 2.69. The number of esters is 2. The first-order valence-corrected chi connectivity index (χ1v) is 9.93. The lowest BCUT2D eigenvalue weighted by Crippen LogP contribution is -2.27. The molecule has 9 heteroatoms. The Kier molecular flexibility index (Phi) is 5.25. The number of anilines is 1. The van der Waals surface area contributed by atoms with E-state index in [9.17, 15) is 14.4 Å². The number of hydrogen-bond acceptors (Lipinski definition) is 6. The van der Waals surface area contributed by atoms with Crippen molar-refractivity contribution in [1.82, 2.24) is 0 Å². The minimum Gasteiger partial charge on any atom is -0.462 e. The molecule has 3 rings (SSSR count). The van der Waals surface area contributed by atoms with Crippen molar-refractivity contribution in [3.63, 3.8) is 0 Å². The van der Waals surface area contributed by atoms with Gasteiger partial charge >= 0.3 is 11.9 Å². The van der Waals surface area contributed by atoms with E-state index in [-0.39, 0.29) is 13.0 Å². The zero-order valence-corrected chi connectivity index (χ0v) is 16.8. The van der Waals surface area contributed by atoms with Gasteiger partial charge in [-0.3, -0.25) is 9.59 Å². The molecule has 1 N–H and O–H groups in total. The average Bonchev–Trinajstić information content (AvgIpc) is 2.90. The Morgan fingerprint density at radius 3 is 2.54 bits per heavy atom. The van der Waals surface area contributed by atoms with Crippen molar-refractivity contribution >= 4 is 57.4 Å². The number of halogens is 2. The van der Waals surface area contributed by atoms with Gasteiger partial charge in [0.2, 0.25) is 0 Å². The molecule has 26 heavy (non-hydrogen) atoms. The van der Waals surface area contributed by atoms with Gasteiger partial charge in [-0.15, -0.1) is 34.5 Å². The molecule has 0 aromatic carbocycles. The van der Waals surface area contributed by atoms with Crippen LogP contribution in [-0.2, 0) is 31.9 Å². The molecule has 2 aliphatic carbocycles. The second kappa shape index (κ2) is 7.02. The van der Waals surface area contributed by atoms with Gasteiger partial charge < -0.3 is 14.8 Å². The van der Waals surface area contributed by atoms with Crippen LogP contribution in [-0.4, -0.2) is 35.4 Å². The Labute approximate surface area is 165 Å². The summed E-state index contributed by atoms with van der Waals surface area (Å²) in [7, 11) is 0. The molecule has 1 saturated carbocycles. The lowest BCUT2D eigenvalue weighted by molar-refractivity contribution is -0.152. The maximum absolute atomic E-state index is 12.3. The second-order valence-corrected chi connectivity index (χ2v) is 9.21. The summed E-state index contributed by atoms with van der Waals surface area (Å²) < 4.78 is 9.00. The molecule has 6 nitrogen and oxygen atoms in total. The van der Waals surface area contributed by atoms with Gasteiger partial charge in [0.05, 0.1) is 12.2 Å². The van der Waals surface area contributed by atoms with E-state index in [1.54, 1.807) is 13.8 Å². The standard InChI is InChI=1S/C17H19Cl2NO5S/c1-3-24-14(22)12-9-5-4-6-10(9)26-13(12)20-11(21)7-25-15(23)16(2)8-17(16,18)19/h3-8H2,1-2H3,(H,20,21). The molecule has 1 fully saturated rings. The Morgan fingerprint density at radius 2 is 1.92 bits per heavy atom. The largest absolute Gasteiger partial charge is 0.462 e. The average molecular weight is 420 g/mol. The van der Waals surface area contributed by atoms with Gasteiger partial charge in [0.1, 0.15) is 14.7 Å². The van der Waals surface area contributed by atoms with Crippen LogP contribution in [0.4, 0.5) is 5.00 Å². The molecule has 1 heterocycles. The third kappa shape index (κ3) is 3.44. The molecule has 1 atom stereocenters. The summed E-state index contributed by atoms with van der Waals surface area (Å²) in [5.41, 5.74) is 0.371. The monoisotopic (exact) mass is 419 g/mol. The number of carbonyl (C=O) groups is 3. The number of amides is 1. The van der Waals surface area contributed by atoms with Crippen LogP contribution in [0.1, 0.15) is 47.5 Å². The molecular formula is C17H19Cl2NO5S. The van der Waals surface area contributed by atoms with Gasteiger partial charge in [-0.1, -0.05) is 0 Å². The summed E-state index contributed by atoms with van der Waals surface area (Å²) in [4.78, 5) is 37.6. The number of fused-ring (bicyclic) bond motifs is 1. The number of aryl methyl sites for hydroxylation is 1. The van der Waals surface area contributed by atoms with Crippen molar-refractivity contribution < 1.29 is 23.9 Å². The van der Waals surface area contributed by atoms with Crippen molar-refractivity contribution in [2.75, 3.05) is 18.5 Å². The zero-order chi connectivity index (χ0) is 19.1. The predicted octanol–water partition coefficient (Wildman–Crippen LogP) is 3.48. The molecule has 0 bridgehead atoms. The summed E-state index contributed by atoms with van der Waals surface area (Å²) >= 11 is 13.2. The Balaban J connectivity index is 1.65. The number of rotatable bonds is 6. The number of thiophene rings is 1. The summed E-state index contributed by atoms with van der Waals surface area (Å²) in [6, 6.07) is 0. The number of ether oxygens (including phenoxy) is 2. The Morgan fingerprint density at radius 1 is 1.23 bits per heavy atom. The van der Waals surface area contributed by atoms with Gasteiger partial charge in [0.15, 0.2) is 6.61 Å². The first-order chi connectivity index (χ1) is 12.2. The fourth-order valence-corrected chi connectivity index (χ4v) is 4.97. The smallest absolute Gasteiger partial charge is 0.341 e. The van der Waals surface area contributed by atoms with Crippen LogP contribution in [0.3, 0.4) is 0 Å². The third-order valence-electron chi connectivity index (χ3n) is 4.70. The van der Waals surface area contributed by atoms with Gasteiger partial charge in [0.25, 0.3) is 5.91 Å². The highest BCUT2D eigenvalue weighted by atomic mass is 35.5. The molecule has 142 valence electrons. The maximum Gasteiger partial charge on any atom is 0.341 e. The van der Waals surface area contributed by atoms with E-state index in [4.69, 9.17) is 32.7 Å². The van der Waals surface area contributed by atoms with E-state index in [0.29, 0.717) is 10.6 Å². The Bertz CT molecular complexity index is 775. The number of carbonyl (C=O) groups excluding carboxylic acids is 3. The quantitative estimate of drug-likeness (QED) is 0.563. The molecule has 0 radical (unpaired) electrons. The maximum atomic E-state index is 12.3. The summed E-state index contributed by atoms with van der Waals surface area (Å²) in [5, 5.41) is 3.10. The number of nitrogens with one attached hydrogen (secondary N) is 1. The summed E-state index contributed by atoms with van der Waals surface area (Å²) in [6.07, 6.45) is 2.94. The fourth-order valence-electron chi connectivity index (χ4n) is 2.99. The van der Waals surface area contributed by atoms with Crippen molar-refractivity contribution in [2.24, 2.45) is 5.41 Å². The van der Waals surface area contributed by atoms with Crippen molar-refractivity contribution in [3.05, 3.63) is 16.0 Å². The third-order valence-corrected chi connectivity index (χ3v) is 7.01. The highest BCUT2D eigenvalue weighted by Crippen LogP contribution is 2.64. The van der Waals surface area contributed by atoms with E-state index < -0.39 is 34.2 Å². The normalized spacial score (nSPS) is 22.5. The molecule has 2 aliphatic rings. The molecule has 1 aromatic rings. The molecule has 1 unspecified atom stereocenters. The van der Waals surface area contributed by atoms with E-state index in [1.807, 2.05) is 0 Å². The summed E-state index contributed by atoms with van der Waals surface area (Å²) in [6.45, 7) is 3.11. The number of alkyl halides is 2. The fraction of sp³-hybridized carbons (Fsp3) is 0.588.